The zero-order chi connectivity index (χ0) is 16.7. The van der Waals surface area contributed by atoms with Gasteiger partial charge in [-0.25, -0.2) is 9.29 Å². The van der Waals surface area contributed by atoms with Crippen molar-refractivity contribution < 1.29 is 27.8 Å². The van der Waals surface area contributed by atoms with E-state index in [-0.39, 0.29) is 15.1 Å². The van der Waals surface area contributed by atoms with E-state index in [1.807, 2.05) is 0 Å². The number of aromatic nitrogens is 1. The van der Waals surface area contributed by atoms with Crippen LogP contribution in [0.15, 0.2) is 10.5 Å². The van der Waals surface area contributed by atoms with E-state index >= 15 is 0 Å². The second-order valence-electron chi connectivity index (χ2n) is 4.32. The number of anilines is 1. The van der Waals surface area contributed by atoms with Crippen LogP contribution >= 0.6 is 11.3 Å². The molecule has 13 heteroatoms. The summed E-state index contributed by atoms with van der Waals surface area (Å²) in [7, 11) is -4.68. The molecule has 1 aromatic heterocycles. The number of carbonyl (C=O) groups is 2. The number of carbonyl (C=O) groups excluding carboxylic acids is 2. The third-order valence-corrected chi connectivity index (χ3v) is 4.63. The maximum atomic E-state index is 12.0. The first kappa shape index (κ1) is 16.1. The summed E-state index contributed by atoms with van der Waals surface area (Å²) in [5.74, 6) is -1.94. The van der Waals surface area contributed by atoms with Crippen LogP contribution in [0.4, 0.5) is 5.13 Å². The van der Waals surface area contributed by atoms with Crippen molar-refractivity contribution in [1.82, 2.24) is 14.6 Å². The number of hydrogen-bond acceptors (Lipinski definition) is 9. The van der Waals surface area contributed by atoms with Crippen molar-refractivity contribution in [2.75, 3.05) is 5.73 Å². The van der Waals surface area contributed by atoms with Crippen molar-refractivity contribution in [3.63, 3.8) is 0 Å². The third-order valence-electron chi connectivity index (χ3n) is 2.95. The molecule has 1 fully saturated rings. The molecule has 0 unspecified atom stereocenters. The van der Waals surface area contributed by atoms with Crippen molar-refractivity contribution in [2.24, 2.45) is 5.16 Å². The van der Waals surface area contributed by atoms with Gasteiger partial charge < -0.3 is 16.3 Å². The number of β-lactam (4-membered cyclic amide) rings is 1. The highest BCUT2D eigenvalue weighted by atomic mass is 32.2. The van der Waals surface area contributed by atoms with Crippen LogP contribution in [-0.2, 0) is 19.9 Å². The lowest BCUT2D eigenvalue weighted by Gasteiger charge is -2.42. The smallest absolute Gasteiger partial charge is 0.362 e. The Bertz CT molecular complexity index is 756. The predicted molar refractivity (Wildman–Crippen MR) is 74.6 cm³/mol. The van der Waals surface area contributed by atoms with E-state index in [1.54, 1.807) is 0 Å². The van der Waals surface area contributed by atoms with E-state index in [9.17, 15) is 18.0 Å². The molecule has 11 nitrogen and oxygen atoms in total. The average molecular weight is 349 g/mol. The Hall–Kier alpha value is -2.25. The van der Waals surface area contributed by atoms with Gasteiger partial charge in [0.15, 0.2) is 10.8 Å². The molecule has 0 aromatic carbocycles. The Balaban J connectivity index is 2.12. The molecule has 0 spiro atoms. The number of nitrogens with zero attached hydrogens (tertiary/aromatic N) is 3. The number of oxime groups is 1. The molecule has 2 rings (SSSR count). The molecule has 5 N–H and O–H groups in total. The molecule has 2 amide bonds. The van der Waals surface area contributed by atoms with E-state index in [2.05, 4.69) is 15.5 Å². The first-order chi connectivity index (χ1) is 10.2. The number of hydrogen-bond donors (Lipinski definition) is 4. The standard InChI is InChI=1S/C9H11N5O6S2/c1-3-5(8(16)14(3)22(18,19)20)12-7(15)6(13-17)4-2-21-9(10)11-4/h2-3,5,17H,1H3,(H2,10,11)(H,12,15)(H,18,19,20)/b13-6-/t3-,5-/m0/s1. The maximum absolute atomic E-state index is 12.0. The average Bonchev–Trinajstić information content (AvgIpc) is 2.82. The molecule has 2 atom stereocenters. The van der Waals surface area contributed by atoms with E-state index in [1.165, 1.54) is 12.3 Å². The van der Waals surface area contributed by atoms with Gasteiger partial charge in [-0.3, -0.25) is 14.1 Å². The predicted octanol–water partition coefficient (Wildman–Crippen LogP) is -1.58. The molecular formula is C9H11N5O6S2. The Morgan fingerprint density at radius 3 is 2.64 bits per heavy atom. The molecule has 1 saturated heterocycles. The van der Waals surface area contributed by atoms with Gasteiger partial charge in [0.2, 0.25) is 0 Å². The summed E-state index contributed by atoms with van der Waals surface area (Å²) in [4.78, 5) is 27.4. The summed E-state index contributed by atoms with van der Waals surface area (Å²) in [6.45, 7) is 1.32. The summed E-state index contributed by atoms with van der Waals surface area (Å²) in [5, 5.41) is 15.4. The van der Waals surface area contributed by atoms with E-state index in [0.29, 0.717) is 0 Å². The summed E-state index contributed by atoms with van der Waals surface area (Å²) in [6, 6.07) is -2.16. The Kier molecular flexibility index (Phi) is 4.04. The normalized spacial score (nSPS) is 22.4. The molecule has 2 heterocycles. The Morgan fingerprint density at radius 2 is 2.23 bits per heavy atom. The molecule has 0 radical (unpaired) electrons. The minimum Gasteiger partial charge on any atom is -0.410 e. The van der Waals surface area contributed by atoms with Gasteiger partial charge in [0.05, 0.1) is 6.04 Å². The lowest BCUT2D eigenvalue weighted by molar-refractivity contribution is -0.143. The van der Waals surface area contributed by atoms with Gasteiger partial charge in [-0.05, 0) is 6.92 Å². The van der Waals surface area contributed by atoms with Crippen molar-refractivity contribution >= 4 is 44.3 Å². The zero-order valence-electron chi connectivity index (χ0n) is 11.0. The van der Waals surface area contributed by atoms with Gasteiger partial charge in [-0.2, -0.15) is 8.42 Å². The lowest BCUT2D eigenvalue weighted by atomic mass is 10.0. The van der Waals surface area contributed by atoms with E-state index in [0.717, 1.165) is 11.3 Å². The molecule has 1 aliphatic rings. The van der Waals surface area contributed by atoms with Crippen molar-refractivity contribution in [3.8, 4) is 0 Å². The van der Waals surface area contributed by atoms with Crippen molar-refractivity contribution in [2.45, 2.75) is 19.0 Å². The number of thiazole rings is 1. The number of nitrogens with one attached hydrogen (secondary N) is 1. The van der Waals surface area contributed by atoms with Gasteiger partial charge in [0.1, 0.15) is 11.7 Å². The van der Waals surface area contributed by atoms with Crippen molar-refractivity contribution in [1.29, 1.82) is 0 Å². The fourth-order valence-electron chi connectivity index (χ4n) is 1.92. The highest BCUT2D eigenvalue weighted by molar-refractivity contribution is 7.84. The lowest BCUT2D eigenvalue weighted by Crippen LogP contribution is -2.71. The second kappa shape index (κ2) is 5.51. The van der Waals surface area contributed by atoms with Gasteiger partial charge in [0.25, 0.3) is 11.8 Å². The summed E-state index contributed by atoms with van der Waals surface area (Å²) < 4.78 is 31.0. The van der Waals surface area contributed by atoms with E-state index in [4.69, 9.17) is 15.5 Å². The highest BCUT2D eigenvalue weighted by Crippen LogP contribution is 2.23. The molecule has 1 aliphatic heterocycles. The Labute approximate surface area is 128 Å². The zero-order valence-corrected chi connectivity index (χ0v) is 12.6. The largest absolute Gasteiger partial charge is 0.410 e. The molecule has 0 saturated carbocycles. The fourth-order valence-corrected chi connectivity index (χ4v) is 3.35. The van der Waals surface area contributed by atoms with Crippen LogP contribution in [0.2, 0.25) is 0 Å². The number of amides is 2. The van der Waals surface area contributed by atoms with Crippen LogP contribution in [0.5, 0.6) is 0 Å². The minimum atomic E-state index is -4.68. The molecule has 1 aromatic rings. The van der Waals surface area contributed by atoms with Crippen molar-refractivity contribution in [3.05, 3.63) is 11.1 Å². The number of nitrogen functional groups attached to an aromatic ring is 1. The second-order valence-corrected chi connectivity index (χ2v) is 6.50. The third kappa shape index (κ3) is 2.72. The summed E-state index contributed by atoms with van der Waals surface area (Å²) >= 11 is 1.02. The molecule has 0 bridgehead atoms. The van der Waals surface area contributed by atoms with Gasteiger partial charge >= 0.3 is 10.3 Å². The number of rotatable bonds is 4. The van der Waals surface area contributed by atoms with Crippen LogP contribution < -0.4 is 11.1 Å². The molecule has 0 aliphatic carbocycles. The van der Waals surface area contributed by atoms with Gasteiger partial charge in [-0.15, -0.1) is 11.3 Å². The first-order valence-corrected chi connectivity index (χ1v) is 7.99. The van der Waals surface area contributed by atoms with Crippen LogP contribution in [0, 0.1) is 0 Å². The Morgan fingerprint density at radius 1 is 1.59 bits per heavy atom. The highest BCUT2D eigenvalue weighted by Gasteiger charge is 2.51. The monoisotopic (exact) mass is 349 g/mol. The maximum Gasteiger partial charge on any atom is 0.362 e. The minimum absolute atomic E-state index is 0.00793. The van der Waals surface area contributed by atoms with E-state index < -0.39 is 39.9 Å². The topological polar surface area (TPSA) is 175 Å². The molecule has 120 valence electrons. The van der Waals surface area contributed by atoms with Crippen LogP contribution in [0.3, 0.4) is 0 Å². The van der Waals surface area contributed by atoms with Gasteiger partial charge in [0, 0.05) is 5.38 Å². The molecular weight excluding hydrogens is 338 g/mol. The van der Waals surface area contributed by atoms with Crippen LogP contribution in [0.25, 0.3) is 0 Å². The first-order valence-electron chi connectivity index (χ1n) is 5.71. The van der Waals surface area contributed by atoms with Crippen LogP contribution in [-0.4, -0.2) is 57.1 Å². The van der Waals surface area contributed by atoms with Gasteiger partial charge in [-0.1, -0.05) is 5.16 Å². The summed E-state index contributed by atoms with van der Waals surface area (Å²) in [5.41, 5.74) is 4.94. The summed E-state index contributed by atoms with van der Waals surface area (Å²) in [6.07, 6.45) is 0. The quantitative estimate of drug-likeness (QED) is 0.165. The SMILES string of the molecule is C[C@H]1[C@H](NC(=O)/C(=N\O)c2csc(N)n2)C(=O)N1S(=O)(=O)O. The number of nitrogens with two attached hydrogens (primary N) is 1. The van der Waals surface area contributed by atoms with Crippen LogP contribution in [0.1, 0.15) is 12.6 Å². The fraction of sp³-hybridized carbons (Fsp3) is 0.333. The molecule has 22 heavy (non-hydrogen) atoms.